The molecule has 1 saturated heterocycles. The van der Waals surface area contributed by atoms with E-state index in [-0.39, 0.29) is 23.2 Å². The van der Waals surface area contributed by atoms with Gasteiger partial charge in [-0.2, -0.15) is 0 Å². The number of hydrogen-bond acceptors (Lipinski definition) is 3. The summed E-state index contributed by atoms with van der Waals surface area (Å²) in [6, 6.07) is 33.1. The third-order valence-corrected chi connectivity index (χ3v) is 8.02. The van der Waals surface area contributed by atoms with Crippen LogP contribution in [0.2, 0.25) is 5.02 Å². The molecule has 0 unspecified atom stereocenters. The van der Waals surface area contributed by atoms with E-state index in [0.717, 1.165) is 22.3 Å². The molecular weight excluding hydrogens is 500 g/mol. The van der Waals surface area contributed by atoms with Crippen LogP contribution in [0.5, 0.6) is 0 Å². The normalized spacial score (nSPS) is 16.0. The van der Waals surface area contributed by atoms with Crippen molar-refractivity contribution >= 4 is 35.2 Å². The predicted molar refractivity (Wildman–Crippen MR) is 151 cm³/mol. The van der Waals surface area contributed by atoms with Crippen molar-refractivity contribution in [2.75, 3.05) is 5.75 Å². The highest BCUT2D eigenvalue weighted by Gasteiger charge is 2.33. The van der Waals surface area contributed by atoms with Gasteiger partial charge in [-0.15, -0.1) is 11.8 Å². The minimum atomic E-state index is -0.258. The highest BCUT2D eigenvalue weighted by atomic mass is 35.5. The number of aryl methyl sites for hydroxylation is 1. The molecule has 186 valence electrons. The summed E-state index contributed by atoms with van der Waals surface area (Å²) in [7, 11) is 0. The summed E-state index contributed by atoms with van der Waals surface area (Å²) in [6.45, 7) is 2.57. The van der Waals surface area contributed by atoms with Crippen molar-refractivity contribution in [2.24, 2.45) is 0 Å². The number of halogens is 1. The number of carbonyl (C=O) groups is 2. The first-order valence-corrected chi connectivity index (χ1v) is 13.6. The van der Waals surface area contributed by atoms with Gasteiger partial charge >= 0.3 is 0 Å². The lowest BCUT2D eigenvalue weighted by atomic mass is 9.97. The molecule has 0 radical (unpaired) electrons. The molecule has 4 aromatic rings. The Morgan fingerprint density at radius 3 is 2.24 bits per heavy atom. The van der Waals surface area contributed by atoms with Gasteiger partial charge in [-0.3, -0.25) is 9.59 Å². The topological polar surface area (TPSA) is 49.4 Å². The molecule has 5 rings (SSSR count). The quantitative estimate of drug-likeness (QED) is 0.284. The van der Waals surface area contributed by atoms with Crippen LogP contribution in [0, 0.1) is 6.92 Å². The Labute approximate surface area is 226 Å². The van der Waals surface area contributed by atoms with Crippen molar-refractivity contribution in [1.82, 2.24) is 10.2 Å². The second kappa shape index (κ2) is 11.2. The average molecular weight is 527 g/mol. The summed E-state index contributed by atoms with van der Waals surface area (Å²) in [5.74, 6) is 0.403. The highest BCUT2D eigenvalue weighted by Crippen LogP contribution is 2.39. The molecule has 4 nitrogen and oxygen atoms in total. The molecule has 1 heterocycles. The van der Waals surface area contributed by atoms with Gasteiger partial charge in [0.25, 0.3) is 5.91 Å². The molecule has 0 bridgehead atoms. The zero-order chi connectivity index (χ0) is 25.8. The number of hydrogen-bond donors (Lipinski definition) is 1. The SMILES string of the molecule is Cc1ccc([C@@H](NC(=O)c2ccc([C@H]3SCC(=O)N3Cc3ccc(Cl)cc3)cc2)c2ccccc2)cc1. The summed E-state index contributed by atoms with van der Waals surface area (Å²) < 4.78 is 0. The van der Waals surface area contributed by atoms with Crippen LogP contribution in [0.3, 0.4) is 0 Å². The number of nitrogens with one attached hydrogen (secondary N) is 1. The Morgan fingerprint density at radius 2 is 1.57 bits per heavy atom. The molecule has 0 aromatic heterocycles. The Hall–Kier alpha value is -3.54. The maximum Gasteiger partial charge on any atom is 0.252 e. The number of nitrogens with zero attached hydrogens (tertiary/aromatic N) is 1. The summed E-state index contributed by atoms with van der Waals surface area (Å²) >= 11 is 7.62. The van der Waals surface area contributed by atoms with E-state index in [9.17, 15) is 9.59 Å². The highest BCUT2D eigenvalue weighted by molar-refractivity contribution is 8.00. The smallest absolute Gasteiger partial charge is 0.252 e. The van der Waals surface area contributed by atoms with Gasteiger partial charge in [-0.05, 0) is 53.4 Å². The van der Waals surface area contributed by atoms with E-state index in [0.29, 0.717) is 22.9 Å². The molecule has 1 aliphatic heterocycles. The van der Waals surface area contributed by atoms with E-state index in [4.69, 9.17) is 11.6 Å². The largest absolute Gasteiger partial charge is 0.341 e. The van der Waals surface area contributed by atoms with Crippen molar-refractivity contribution in [2.45, 2.75) is 24.9 Å². The van der Waals surface area contributed by atoms with Crippen molar-refractivity contribution in [3.63, 3.8) is 0 Å². The van der Waals surface area contributed by atoms with E-state index in [1.54, 1.807) is 11.8 Å². The number of benzene rings is 4. The van der Waals surface area contributed by atoms with Crippen LogP contribution in [0.15, 0.2) is 103 Å². The van der Waals surface area contributed by atoms with Gasteiger partial charge in [-0.1, -0.05) is 96.0 Å². The zero-order valence-corrected chi connectivity index (χ0v) is 22.0. The van der Waals surface area contributed by atoms with E-state index in [1.807, 2.05) is 90.7 Å². The number of rotatable bonds is 7. The lowest BCUT2D eigenvalue weighted by molar-refractivity contribution is -0.128. The minimum Gasteiger partial charge on any atom is -0.341 e. The lowest BCUT2D eigenvalue weighted by Crippen LogP contribution is -2.29. The fourth-order valence-corrected chi connectivity index (χ4v) is 5.78. The van der Waals surface area contributed by atoms with E-state index in [2.05, 4.69) is 29.6 Å². The Bertz CT molecular complexity index is 1370. The monoisotopic (exact) mass is 526 g/mol. The molecule has 0 saturated carbocycles. The zero-order valence-electron chi connectivity index (χ0n) is 20.4. The first kappa shape index (κ1) is 25.1. The second-order valence-electron chi connectivity index (χ2n) is 9.16. The number of carbonyl (C=O) groups excluding carboxylic acids is 2. The Kier molecular flexibility index (Phi) is 7.63. The fourth-order valence-electron chi connectivity index (χ4n) is 4.46. The summed E-state index contributed by atoms with van der Waals surface area (Å²) in [4.78, 5) is 27.8. The molecule has 4 aromatic carbocycles. The van der Waals surface area contributed by atoms with Crippen LogP contribution in [-0.4, -0.2) is 22.5 Å². The number of amides is 2. The fraction of sp³-hybridized carbons (Fsp3) is 0.161. The van der Waals surface area contributed by atoms with E-state index in [1.165, 1.54) is 5.56 Å². The van der Waals surface area contributed by atoms with Crippen LogP contribution < -0.4 is 5.32 Å². The van der Waals surface area contributed by atoms with Gasteiger partial charge < -0.3 is 10.2 Å². The van der Waals surface area contributed by atoms with Crippen molar-refractivity contribution in [1.29, 1.82) is 0 Å². The van der Waals surface area contributed by atoms with Crippen LogP contribution >= 0.6 is 23.4 Å². The van der Waals surface area contributed by atoms with Crippen LogP contribution in [-0.2, 0) is 11.3 Å². The maximum absolute atomic E-state index is 13.3. The van der Waals surface area contributed by atoms with Crippen LogP contribution in [0.4, 0.5) is 0 Å². The Morgan fingerprint density at radius 1 is 0.919 bits per heavy atom. The molecule has 1 aliphatic rings. The molecule has 0 spiro atoms. The molecule has 1 fully saturated rings. The minimum absolute atomic E-state index is 0.0927. The number of thioether (sulfide) groups is 1. The van der Waals surface area contributed by atoms with Gasteiger partial charge in [0.15, 0.2) is 0 Å². The first-order valence-electron chi connectivity index (χ1n) is 12.2. The molecule has 0 aliphatic carbocycles. The Balaban J connectivity index is 1.33. The second-order valence-corrected chi connectivity index (χ2v) is 10.7. The third-order valence-electron chi connectivity index (χ3n) is 6.51. The molecule has 6 heteroatoms. The van der Waals surface area contributed by atoms with Gasteiger partial charge in [0.05, 0.1) is 11.8 Å². The van der Waals surface area contributed by atoms with Gasteiger partial charge in [0, 0.05) is 17.1 Å². The van der Waals surface area contributed by atoms with Gasteiger partial charge in [-0.25, -0.2) is 0 Å². The molecule has 1 N–H and O–H groups in total. The van der Waals surface area contributed by atoms with Gasteiger partial charge in [0.2, 0.25) is 5.91 Å². The van der Waals surface area contributed by atoms with E-state index >= 15 is 0 Å². The van der Waals surface area contributed by atoms with Crippen LogP contribution in [0.25, 0.3) is 0 Å². The van der Waals surface area contributed by atoms with E-state index < -0.39 is 0 Å². The predicted octanol–water partition coefficient (Wildman–Crippen LogP) is 6.94. The first-order chi connectivity index (χ1) is 18.0. The maximum atomic E-state index is 13.3. The van der Waals surface area contributed by atoms with Crippen molar-refractivity contribution in [3.05, 3.63) is 142 Å². The summed E-state index contributed by atoms with van der Waals surface area (Å²) in [5.41, 5.74) is 5.83. The standard InChI is InChI=1S/C31H27ClN2O2S/c1-21-7-11-24(12-8-21)29(23-5-3-2-4-6-23)33-30(36)25-13-15-26(16-14-25)31-34(28(35)20-37-31)19-22-9-17-27(32)18-10-22/h2-18,29,31H,19-20H2,1H3,(H,33,36)/t29-,31+/m0/s1. The lowest BCUT2D eigenvalue weighted by Gasteiger charge is -2.25. The van der Waals surface area contributed by atoms with Crippen molar-refractivity contribution < 1.29 is 9.59 Å². The molecule has 37 heavy (non-hydrogen) atoms. The third kappa shape index (κ3) is 5.90. The average Bonchev–Trinajstić information content (AvgIpc) is 3.29. The molecular formula is C31H27ClN2O2S. The summed E-state index contributed by atoms with van der Waals surface area (Å²) in [6.07, 6.45) is 0. The molecule has 2 amide bonds. The van der Waals surface area contributed by atoms with Crippen molar-refractivity contribution in [3.8, 4) is 0 Å². The van der Waals surface area contributed by atoms with Gasteiger partial charge in [0.1, 0.15) is 5.37 Å². The summed E-state index contributed by atoms with van der Waals surface area (Å²) in [5, 5.41) is 3.79. The molecule has 2 atom stereocenters. The van der Waals surface area contributed by atoms with Crippen LogP contribution in [0.1, 0.15) is 49.6 Å².